The number of carbonyl (C=O) groups excluding carboxylic acids is 1. The maximum atomic E-state index is 12.1. The van der Waals surface area contributed by atoms with Crippen LogP contribution in [-0.2, 0) is 6.54 Å². The van der Waals surface area contributed by atoms with Crippen LogP contribution in [0, 0.1) is 0 Å². The highest BCUT2D eigenvalue weighted by Gasteiger charge is 2.11. The van der Waals surface area contributed by atoms with Crippen LogP contribution in [0.4, 0.5) is 5.69 Å². The molecule has 0 radical (unpaired) electrons. The van der Waals surface area contributed by atoms with Crippen LogP contribution < -0.4 is 5.32 Å². The molecule has 1 aromatic carbocycles. The highest BCUT2D eigenvalue weighted by molar-refractivity contribution is 7.07. The fraction of sp³-hybridized carbons (Fsp3) is 0.333. The summed E-state index contributed by atoms with van der Waals surface area (Å²) in [4.78, 5) is 18.4. The van der Waals surface area contributed by atoms with E-state index in [1.165, 1.54) is 11.3 Å². The fourth-order valence-corrected chi connectivity index (χ4v) is 2.51. The van der Waals surface area contributed by atoms with Crippen molar-refractivity contribution >= 4 is 22.9 Å². The van der Waals surface area contributed by atoms with Crippen LogP contribution in [0.2, 0.25) is 0 Å². The van der Waals surface area contributed by atoms with Gasteiger partial charge in [0.05, 0.1) is 5.51 Å². The summed E-state index contributed by atoms with van der Waals surface area (Å²) in [6, 6.07) is 7.91. The second-order valence-electron chi connectivity index (χ2n) is 4.45. The summed E-state index contributed by atoms with van der Waals surface area (Å²) in [5.74, 6) is -0.154. The molecule has 2 rings (SSSR count). The normalized spacial score (nSPS) is 10.8. The third-order valence-electron chi connectivity index (χ3n) is 3.22. The summed E-state index contributed by atoms with van der Waals surface area (Å²) < 4.78 is 0. The average Bonchev–Trinajstić information content (AvgIpc) is 3.00. The lowest BCUT2D eigenvalue weighted by atomic mass is 10.1. The largest absolute Gasteiger partial charge is 0.320 e. The van der Waals surface area contributed by atoms with Gasteiger partial charge < -0.3 is 5.32 Å². The van der Waals surface area contributed by atoms with Gasteiger partial charge in [0, 0.05) is 17.6 Å². The molecule has 5 heteroatoms. The molecular formula is C15H19N3OS. The van der Waals surface area contributed by atoms with E-state index in [0.29, 0.717) is 5.69 Å². The van der Waals surface area contributed by atoms with Crippen LogP contribution in [-0.4, -0.2) is 28.9 Å². The number of hydrogen-bond acceptors (Lipinski definition) is 4. The summed E-state index contributed by atoms with van der Waals surface area (Å²) >= 11 is 1.42. The number of benzene rings is 1. The van der Waals surface area contributed by atoms with E-state index in [-0.39, 0.29) is 5.91 Å². The number of para-hydroxylation sites is 1. The van der Waals surface area contributed by atoms with Crippen molar-refractivity contribution < 1.29 is 4.79 Å². The molecule has 0 unspecified atom stereocenters. The third kappa shape index (κ3) is 3.65. The van der Waals surface area contributed by atoms with Crippen LogP contribution in [0.3, 0.4) is 0 Å². The minimum Gasteiger partial charge on any atom is -0.320 e. The highest BCUT2D eigenvalue weighted by atomic mass is 32.1. The lowest BCUT2D eigenvalue weighted by Crippen LogP contribution is -2.23. The first-order valence-corrected chi connectivity index (χ1v) is 7.68. The summed E-state index contributed by atoms with van der Waals surface area (Å²) in [5.41, 5.74) is 4.11. The van der Waals surface area contributed by atoms with E-state index in [0.717, 1.165) is 30.9 Å². The van der Waals surface area contributed by atoms with Crippen molar-refractivity contribution in [3.8, 4) is 0 Å². The van der Waals surface area contributed by atoms with Crippen LogP contribution in [0.5, 0.6) is 0 Å². The van der Waals surface area contributed by atoms with E-state index in [9.17, 15) is 4.79 Å². The van der Waals surface area contributed by atoms with Crippen LogP contribution in [0.15, 0.2) is 35.2 Å². The number of aromatic nitrogens is 1. The van der Waals surface area contributed by atoms with Crippen molar-refractivity contribution in [3.63, 3.8) is 0 Å². The topological polar surface area (TPSA) is 45.2 Å². The Morgan fingerprint density at radius 3 is 2.70 bits per heavy atom. The Labute approximate surface area is 123 Å². The summed E-state index contributed by atoms with van der Waals surface area (Å²) in [6.45, 7) is 7.09. The molecule has 0 saturated carbocycles. The predicted octanol–water partition coefficient (Wildman–Crippen LogP) is 3.24. The van der Waals surface area contributed by atoms with Gasteiger partial charge in [-0.25, -0.2) is 4.98 Å². The maximum absolute atomic E-state index is 12.1. The molecule has 1 amide bonds. The summed E-state index contributed by atoms with van der Waals surface area (Å²) in [7, 11) is 0. The lowest BCUT2D eigenvalue weighted by molar-refractivity contribution is 0.102. The number of anilines is 1. The molecule has 0 aliphatic carbocycles. The Hall–Kier alpha value is -1.72. The van der Waals surface area contributed by atoms with Crippen molar-refractivity contribution in [2.24, 2.45) is 0 Å². The van der Waals surface area contributed by atoms with Crippen molar-refractivity contribution in [2.45, 2.75) is 20.4 Å². The number of nitrogens with one attached hydrogen (secondary N) is 1. The predicted molar refractivity (Wildman–Crippen MR) is 83.1 cm³/mol. The van der Waals surface area contributed by atoms with Crippen molar-refractivity contribution in [3.05, 3.63) is 46.4 Å². The summed E-state index contributed by atoms with van der Waals surface area (Å²) in [5, 5.41) is 4.70. The van der Waals surface area contributed by atoms with Gasteiger partial charge in [0.1, 0.15) is 5.69 Å². The first-order chi connectivity index (χ1) is 9.74. The number of nitrogens with zero attached hydrogens (tertiary/aromatic N) is 2. The standard InChI is InChI=1S/C15H19N3OS/c1-3-18(4-2)9-12-7-5-6-8-13(12)17-15(19)14-10-20-11-16-14/h5-8,10-11H,3-4,9H2,1-2H3,(H,17,19). The molecule has 0 spiro atoms. The molecule has 0 aliphatic rings. The van der Waals surface area contributed by atoms with E-state index in [4.69, 9.17) is 0 Å². The minimum atomic E-state index is -0.154. The zero-order valence-electron chi connectivity index (χ0n) is 11.8. The SMILES string of the molecule is CCN(CC)Cc1ccccc1NC(=O)c1cscn1. The van der Waals surface area contributed by atoms with Gasteiger partial charge in [0.2, 0.25) is 0 Å². The van der Waals surface area contributed by atoms with Gasteiger partial charge in [-0.2, -0.15) is 0 Å². The first-order valence-electron chi connectivity index (χ1n) is 6.74. The van der Waals surface area contributed by atoms with Crippen molar-refractivity contribution in [1.29, 1.82) is 0 Å². The number of thiazole rings is 1. The highest BCUT2D eigenvalue weighted by Crippen LogP contribution is 2.18. The van der Waals surface area contributed by atoms with E-state index >= 15 is 0 Å². The molecule has 1 N–H and O–H groups in total. The number of amides is 1. The molecule has 1 aromatic heterocycles. The second-order valence-corrected chi connectivity index (χ2v) is 5.17. The van der Waals surface area contributed by atoms with E-state index in [2.05, 4.69) is 35.1 Å². The zero-order chi connectivity index (χ0) is 14.4. The Morgan fingerprint density at radius 2 is 2.05 bits per heavy atom. The molecular weight excluding hydrogens is 270 g/mol. The summed E-state index contributed by atoms with van der Waals surface area (Å²) in [6.07, 6.45) is 0. The zero-order valence-corrected chi connectivity index (χ0v) is 12.6. The minimum absolute atomic E-state index is 0.154. The number of carbonyl (C=O) groups is 1. The molecule has 2 aromatic rings. The smallest absolute Gasteiger partial charge is 0.275 e. The number of hydrogen-bond donors (Lipinski definition) is 1. The Kier molecular flexibility index (Phi) is 5.26. The molecule has 106 valence electrons. The first kappa shape index (κ1) is 14.7. The van der Waals surface area contributed by atoms with Gasteiger partial charge in [0.15, 0.2) is 0 Å². The van der Waals surface area contributed by atoms with E-state index in [1.807, 2.05) is 18.2 Å². The molecule has 0 bridgehead atoms. The molecule has 20 heavy (non-hydrogen) atoms. The maximum Gasteiger partial charge on any atom is 0.275 e. The second kappa shape index (κ2) is 7.17. The third-order valence-corrected chi connectivity index (χ3v) is 3.81. The van der Waals surface area contributed by atoms with E-state index in [1.54, 1.807) is 10.9 Å². The van der Waals surface area contributed by atoms with Gasteiger partial charge in [-0.05, 0) is 24.7 Å². The average molecular weight is 289 g/mol. The van der Waals surface area contributed by atoms with Crippen LogP contribution in [0.25, 0.3) is 0 Å². The van der Waals surface area contributed by atoms with Gasteiger partial charge in [-0.1, -0.05) is 32.0 Å². The fourth-order valence-electron chi connectivity index (χ4n) is 1.98. The van der Waals surface area contributed by atoms with Crippen LogP contribution >= 0.6 is 11.3 Å². The Balaban J connectivity index is 2.13. The Morgan fingerprint density at radius 1 is 1.30 bits per heavy atom. The molecule has 0 atom stereocenters. The van der Waals surface area contributed by atoms with E-state index < -0.39 is 0 Å². The van der Waals surface area contributed by atoms with Crippen LogP contribution in [0.1, 0.15) is 29.9 Å². The molecule has 1 heterocycles. The van der Waals surface area contributed by atoms with Gasteiger partial charge in [-0.3, -0.25) is 9.69 Å². The van der Waals surface area contributed by atoms with Crippen molar-refractivity contribution in [1.82, 2.24) is 9.88 Å². The monoisotopic (exact) mass is 289 g/mol. The number of rotatable bonds is 6. The molecule has 0 saturated heterocycles. The molecule has 0 aliphatic heterocycles. The van der Waals surface area contributed by atoms with Gasteiger partial charge >= 0.3 is 0 Å². The van der Waals surface area contributed by atoms with Gasteiger partial charge in [0.25, 0.3) is 5.91 Å². The Bertz CT molecular complexity index is 550. The van der Waals surface area contributed by atoms with Gasteiger partial charge in [-0.15, -0.1) is 11.3 Å². The quantitative estimate of drug-likeness (QED) is 0.888. The molecule has 4 nitrogen and oxygen atoms in total. The lowest BCUT2D eigenvalue weighted by Gasteiger charge is -2.20. The van der Waals surface area contributed by atoms with Crippen molar-refractivity contribution in [2.75, 3.05) is 18.4 Å². The molecule has 0 fully saturated rings.